The van der Waals surface area contributed by atoms with Crippen LogP contribution in [0, 0.1) is 27.4 Å². The fourth-order valence-electron chi connectivity index (χ4n) is 4.09. The van der Waals surface area contributed by atoms with Crippen molar-refractivity contribution < 1.29 is 19.3 Å². The van der Waals surface area contributed by atoms with Gasteiger partial charge in [-0.05, 0) is 30.4 Å². The molecule has 126 valence electrons. The summed E-state index contributed by atoms with van der Waals surface area (Å²) in [6, 6.07) is 3.62. The molecule has 0 heterocycles. The highest BCUT2D eigenvalue weighted by atomic mass is 35.5. The smallest absolute Gasteiger partial charge is 0.281 e. The molecule has 7 heteroatoms. The van der Waals surface area contributed by atoms with Crippen LogP contribution in [-0.4, -0.2) is 22.3 Å². The lowest BCUT2D eigenvalue weighted by Crippen LogP contribution is -2.47. The SMILES string of the molecule is CC12CCCC1C(=O)C(C(=O)c1ccc(Cl)cc1[N+](=O)[O-])C(=O)C2. The van der Waals surface area contributed by atoms with Gasteiger partial charge in [0.15, 0.2) is 17.3 Å². The van der Waals surface area contributed by atoms with Crippen molar-refractivity contribution in [3.63, 3.8) is 0 Å². The van der Waals surface area contributed by atoms with Crippen molar-refractivity contribution in [2.75, 3.05) is 0 Å². The molecule has 2 saturated carbocycles. The third-order valence-corrected chi connectivity index (χ3v) is 5.53. The van der Waals surface area contributed by atoms with Crippen LogP contribution in [0.15, 0.2) is 18.2 Å². The Hall–Kier alpha value is -2.08. The van der Waals surface area contributed by atoms with E-state index >= 15 is 0 Å². The largest absolute Gasteiger partial charge is 0.298 e. The molecule has 0 aromatic heterocycles. The zero-order chi connectivity index (χ0) is 17.6. The molecule has 0 saturated heterocycles. The zero-order valence-corrected chi connectivity index (χ0v) is 13.8. The molecule has 0 N–H and O–H groups in total. The maximum Gasteiger partial charge on any atom is 0.281 e. The number of nitro groups is 1. The van der Waals surface area contributed by atoms with E-state index in [2.05, 4.69) is 0 Å². The number of ketones is 3. The van der Waals surface area contributed by atoms with Crippen LogP contribution in [0.4, 0.5) is 5.69 Å². The van der Waals surface area contributed by atoms with Gasteiger partial charge in [0, 0.05) is 23.4 Å². The average molecular weight is 350 g/mol. The van der Waals surface area contributed by atoms with Crippen LogP contribution in [0.2, 0.25) is 5.02 Å². The number of halogens is 1. The highest BCUT2D eigenvalue weighted by Gasteiger charge is 2.54. The van der Waals surface area contributed by atoms with Crippen molar-refractivity contribution in [3.05, 3.63) is 38.9 Å². The van der Waals surface area contributed by atoms with E-state index in [4.69, 9.17) is 11.6 Å². The highest BCUT2D eigenvalue weighted by Crippen LogP contribution is 2.51. The fourth-order valence-corrected chi connectivity index (χ4v) is 4.25. The molecule has 3 unspecified atom stereocenters. The van der Waals surface area contributed by atoms with Gasteiger partial charge in [0.25, 0.3) is 5.69 Å². The molecule has 0 aliphatic heterocycles. The molecule has 1 aromatic rings. The van der Waals surface area contributed by atoms with Crippen LogP contribution >= 0.6 is 11.6 Å². The van der Waals surface area contributed by atoms with Crippen LogP contribution in [0.25, 0.3) is 0 Å². The van der Waals surface area contributed by atoms with Gasteiger partial charge in [-0.15, -0.1) is 0 Å². The van der Waals surface area contributed by atoms with E-state index in [1.807, 2.05) is 6.92 Å². The van der Waals surface area contributed by atoms with E-state index in [0.717, 1.165) is 18.9 Å². The standard InChI is InChI=1S/C17H16ClNO5/c1-17-6-2-3-11(17)16(22)14(13(20)8-17)15(21)10-5-4-9(18)7-12(10)19(23)24/h4-5,7,11,14H,2-3,6,8H2,1H3. The molecule has 2 aliphatic rings. The quantitative estimate of drug-likeness (QED) is 0.361. The normalized spacial score (nSPS) is 29.4. The summed E-state index contributed by atoms with van der Waals surface area (Å²) >= 11 is 5.75. The van der Waals surface area contributed by atoms with Crippen LogP contribution in [0.5, 0.6) is 0 Å². The van der Waals surface area contributed by atoms with Crippen molar-refractivity contribution in [2.45, 2.75) is 32.6 Å². The summed E-state index contributed by atoms with van der Waals surface area (Å²) < 4.78 is 0. The summed E-state index contributed by atoms with van der Waals surface area (Å²) in [6.45, 7) is 1.91. The molecular formula is C17H16ClNO5. The number of hydrogen-bond acceptors (Lipinski definition) is 5. The molecule has 0 spiro atoms. The number of rotatable bonds is 3. The maximum atomic E-state index is 12.8. The van der Waals surface area contributed by atoms with Crippen molar-refractivity contribution in [3.8, 4) is 0 Å². The monoisotopic (exact) mass is 349 g/mol. The van der Waals surface area contributed by atoms with E-state index < -0.39 is 28.1 Å². The Morgan fingerprint density at radius 3 is 2.75 bits per heavy atom. The summed E-state index contributed by atoms with van der Waals surface area (Å²) in [7, 11) is 0. The first kappa shape index (κ1) is 16.8. The lowest BCUT2D eigenvalue weighted by molar-refractivity contribution is -0.385. The van der Waals surface area contributed by atoms with E-state index in [-0.39, 0.29) is 34.1 Å². The Kier molecular flexibility index (Phi) is 4.03. The van der Waals surface area contributed by atoms with E-state index in [1.165, 1.54) is 12.1 Å². The van der Waals surface area contributed by atoms with Crippen molar-refractivity contribution in [2.24, 2.45) is 17.3 Å². The van der Waals surface area contributed by atoms with Gasteiger partial charge in [0.05, 0.1) is 10.5 Å². The number of carbonyl (C=O) groups is 3. The van der Waals surface area contributed by atoms with Gasteiger partial charge in [-0.25, -0.2) is 0 Å². The summed E-state index contributed by atoms with van der Waals surface area (Å²) in [5, 5.41) is 11.3. The number of benzene rings is 1. The number of nitro benzene ring substituents is 1. The molecule has 2 aliphatic carbocycles. The minimum Gasteiger partial charge on any atom is -0.298 e. The number of Topliss-reactive ketones (excluding diaryl/α,β-unsaturated/α-hetero) is 3. The zero-order valence-electron chi connectivity index (χ0n) is 13.1. The Morgan fingerprint density at radius 2 is 2.08 bits per heavy atom. The Morgan fingerprint density at radius 1 is 1.38 bits per heavy atom. The van der Waals surface area contributed by atoms with Crippen LogP contribution in [0.3, 0.4) is 0 Å². The van der Waals surface area contributed by atoms with Gasteiger partial charge >= 0.3 is 0 Å². The summed E-state index contributed by atoms with van der Waals surface area (Å²) in [5.41, 5.74) is -1.10. The van der Waals surface area contributed by atoms with Gasteiger partial charge in [0.1, 0.15) is 5.92 Å². The molecule has 1 aromatic carbocycles. The molecule has 2 fully saturated rings. The Balaban J connectivity index is 2.00. The first-order chi connectivity index (χ1) is 11.2. The minimum absolute atomic E-state index is 0.114. The summed E-state index contributed by atoms with van der Waals surface area (Å²) in [6.07, 6.45) is 2.47. The maximum absolute atomic E-state index is 12.8. The lowest BCUT2D eigenvalue weighted by atomic mass is 9.63. The fraction of sp³-hybridized carbons (Fsp3) is 0.471. The molecule has 0 bridgehead atoms. The molecule has 6 nitrogen and oxygen atoms in total. The summed E-state index contributed by atoms with van der Waals surface area (Å²) in [5.74, 6) is -3.37. The van der Waals surface area contributed by atoms with Crippen molar-refractivity contribution in [1.82, 2.24) is 0 Å². The first-order valence-electron chi connectivity index (χ1n) is 7.79. The van der Waals surface area contributed by atoms with Gasteiger partial charge in [-0.1, -0.05) is 24.9 Å². The van der Waals surface area contributed by atoms with Crippen LogP contribution < -0.4 is 0 Å². The van der Waals surface area contributed by atoms with E-state index in [9.17, 15) is 24.5 Å². The topological polar surface area (TPSA) is 94.3 Å². The second kappa shape index (κ2) is 5.77. The Labute approximate surface area is 143 Å². The average Bonchev–Trinajstić information content (AvgIpc) is 2.88. The van der Waals surface area contributed by atoms with Gasteiger partial charge in [-0.3, -0.25) is 24.5 Å². The number of carbonyl (C=O) groups excluding carboxylic acids is 3. The molecule has 3 rings (SSSR count). The van der Waals surface area contributed by atoms with E-state index in [0.29, 0.717) is 6.42 Å². The predicted octanol–water partition coefficient (Wildman–Crippen LogP) is 3.40. The highest BCUT2D eigenvalue weighted by molar-refractivity contribution is 6.31. The summed E-state index contributed by atoms with van der Waals surface area (Å²) in [4.78, 5) is 48.4. The third kappa shape index (κ3) is 2.55. The minimum atomic E-state index is -1.43. The molecule has 0 amide bonds. The number of nitrogens with zero attached hydrogens (tertiary/aromatic N) is 1. The van der Waals surface area contributed by atoms with E-state index in [1.54, 1.807) is 0 Å². The van der Waals surface area contributed by atoms with Gasteiger partial charge in [-0.2, -0.15) is 0 Å². The van der Waals surface area contributed by atoms with Gasteiger partial charge in [0.2, 0.25) is 0 Å². The van der Waals surface area contributed by atoms with Crippen LogP contribution in [0.1, 0.15) is 43.0 Å². The van der Waals surface area contributed by atoms with Crippen molar-refractivity contribution in [1.29, 1.82) is 0 Å². The van der Waals surface area contributed by atoms with Gasteiger partial charge < -0.3 is 0 Å². The first-order valence-corrected chi connectivity index (χ1v) is 8.17. The number of fused-ring (bicyclic) bond motifs is 1. The Bertz CT molecular complexity index is 774. The number of hydrogen-bond donors (Lipinski definition) is 0. The second-order valence-electron chi connectivity index (χ2n) is 6.86. The van der Waals surface area contributed by atoms with Crippen molar-refractivity contribution >= 4 is 34.6 Å². The molecule has 3 atom stereocenters. The second-order valence-corrected chi connectivity index (χ2v) is 7.30. The molecule has 0 radical (unpaired) electrons. The third-order valence-electron chi connectivity index (χ3n) is 5.29. The lowest BCUT2D eigenvalue weighted by Gasteiger charge is -2.37. The predicted molar refractivity (Wildman–Crippen MR) is 86.0 cm³/mol. The van der Waals surface area contributed by atoms with Crippen LogP contribution in [-0.2, 0) is 9.59 Å². The molecular weight excluding hydrogens is 334 g/mol. The molecule has 24 heavy (non-hydrogen) atoms.